The normalized spacial score (nSPS) is 11.0. The zero-order valence-corrected chi connectivity index (χ0v) is 10.5. The summed E-state index contributed by atoms with van der Waals surface area (Å²) in [6.07, 6.45) is 1.83. The first-order valence-corrected chi connectivity index (χ1v) is 5.96. The Morgan fingerprint density at radius 1 is 1.06 bits per heavy atom. The maximum absolute atomic E-state index is 6.03. The van der Waals surface area contributed by atoms with E-state index in [4.69, 9.17) is 5.73 Å². The summed E-state index contributed by atoms with van der Waals surface area (Å²) < 4.78 is 1.94. The van der Waals surface area contributed by atoms with Crippen molar-refractivity contribution in [1.29, 1.82) is 0 Å². The van der Waals surface area contributed by atoms with E-state index in [0.29, 0.717) is 0 Å². The van der Waals surface area contributed by atoms with Gasteiger partial charge in [0.05, 0.1) is 17.4 Å². The van der Waals surface area contributed by atoms with Crippen molar-refractivity contribution < 1.29 is 0 Å². The first kappa shape index (κ1) is 10.8. The van der Waals surface area contributed by atoms with Crippen LogP contribution in [0.5, 0.6) is 0 Å². The third kappa shape index (κ3) is 1.64. The lowest BCUT2D eigenvalue weighted by molar-refractivity contribution is 0.909. The van der Waals surface area contributed by atoms with E-state index in [1.807, 2.05) is 29.9 Å². The van der Waals surface area contributed by atoms with E-state index in [1.165, 1.54) is 5.56 Å². The molecule has 3 rings (SSSR count). The number of benzene rings is 2. The van der Waals surface area contributed by atoms with Crippen molar-refractivity contribution in [1.82, 2.24) is 9.78 Å². The van der Waals surface area contributed by atoms with Gasteiger partial charge in [0.1, 0.15) is 0 Å². The monoisotopic (exact) mass is 237 g/mol. The predicted molar refractivity (Wildman–Crippen MR) is 75.0 cm³/mol. The molecule has 0 amide bonds. The molecule has 0 bridgehead atoms. The molecule has 0 spiro atoms. The van der Waals surface area contributed by atoms with Crippen LogP contribution in [0.15, 0.2) is 42.6 Å². The molecule has 0 unspecified atom stereocenters. The van der Waals surface area contributed by atoms with E-state index in [-0.39, 0.29) is 0 Å². The number of nitrogens with zero attached hydrogens (tertiary/aromatic N) is 2. The molecular weight excluding hydrogens is 222 g/mol. The van der Waals surface area contributed by atoms with Gasteiger partial charge in [-0.25, -0.2) is 4.68 Å². The van der Waals surface area contributed by atoms with Crippen molar-refractivity contribution in [2.45, 2.75) is 13.8 Å². The van der Waals surface area contributed by atoms with Crippen molar-refractivity contribution in [3.05, 3.63) is 53.7 Å². The Morgan fingerprint density at radius 2 is 1.89 bits per heavy atom. The lowest BCUT2D eigenvalue weighted by Crippen LogP contribution is -1.97. The zero-order chi connectivity index (χ0) is 12.7. The van der Waals surface area contributed by atoms with Crippen LogP contribution in [0.3, 0.4) is 0 Å². The van der Waals surface area contributed by atoms with Crippen LogP contribution in [-0.2, 0) is 0 Å². The van der Waals surface area contributed by atoms with E-state index in [2.05, 4.69) is 36.3 Å². The summed E-state index contributed by atoms with van der Waals surface area (Å²) >= 11 is 0. The molecule has 3 heteroatoms. The molecule has 0 radical (unpaired) electrons. The molecule has 0 aliphatic heterocycles. The number of anilines is 1. The molecule has 0 aliphatic rings. The molecule has 0 saturated heterocycles. The van der Waals surface area contributed by atoms with E-state index >= 15 is 0 Å². The number of aromatic nitrogens is 2. The topological polar surface area (TPSA) is 43.8 Å². The minimum absolute atomic E-state index is 0.781. The van der Waals surface area contributed by atoms with Crippen molar-refractivity contribution >= 4 is 16.6 Å². The number of rotatable bonds is 1. The third-order valence-electron chi connectivity index (χ3n) is 3.11. The van der Waals surface area contributed by atoms with Gasteiger partial charge in [0.2, 0.25) is 0 Å². The Labute approximate surface area is 106 Å². The average Bonchev–Trinajstić information content (AvgIpc) is 2.72. The van der Waals surface area contributed by atoms with Crippen molar-refractivity contribution in [3.8, 4) is 5.69 Å². The standard InChI is InChI=1S/C15H15N3/c1-10-4-3-5-12(6-10)18-15-8-11(2)7-14(16)13(15)9-17-18/h3-9H,16H2,1-2H3. The Kier molecular flexibility index (Phi) is 2.33. The molecule has 18 heavy (non-hydrogen) atoms. The van der Waals surface area contributed by atoms with Crippen molar-refractivity contribution in [2.24, 2.45) is 0 Å². The van der Waals surface area contributed by atoms with E-state index < -0.39 is 0 Å². The summed E-state index contributed by atoms with van der Waals surface area (Å²) in [5, 5.41) is 5.45. The highest BCUT2D eigenvalue weighted by atomic mass is 15.3. The highest BCUT2D eigenvalue weighted by Crippen LogP contribution is 2.25. The van der Waals surface area contributed by atoms with Gasteiger partial charge in [-0.2, -0.15) is 5.10 Å². The highest BCUT2D eigenvalue weighted by Gasteiger charge is 2.08. The summed E-state index contributed by atoms with van der Waals surface area (Å²) in [6, 6.07) is 12.4. The van der Waals surface area contributed by atoms with Crippen LogP contribution >= 0.6 is 0 Å². The number of fused-ring (bicyclic) bond motifs is 1. The molecule has 2 aromatic carbocycles. The van der Waals surface area contributed by atoms with Gasteiger partial charge in [-0.3, -0.25) is 0 Å². The van der Waals surface area contributed by atoms with Gasteiger partial charge in [0.25, 0.3) is 0 Å². The van der Waals surface area contributed by atoms with Gasteiger partial charge >= 0.3 is 0 Å². The molecule has 0 fully saturated rings. The fourth-order valence-corrected chi connectivity index (χ4v) is 2.27. The molecule has 0 saturated carbocycles. The molecule has 3 aromatic rings. The van der Waals surface area contributed by atoms with Crippen LogP contribution in [0, 0.1) is 13.8 Å². The minimum atomic E-state index is 0.781. The van der Waals surface area contributed by atoms with Crippen LogP contribution in [0.25, 0.3) is 16.6 Å². The maximum Gasteiger partial charge on any atom is 0.0764 e. The number of hydrogen-bond donors (Lipinski definition) is 1. The van der Waals surface area contributed by atoms with Gasteiger partial charge in [0, 0.05) is 11.1 Å². The lowest BCUT2D eigenvalue weighted by Gasteiger charge is -2.06. The molecule has 2 N–H and O–H groups in total. The molecule has 1 aromatic heterocycles. The fourth-order valence-electron chi connectivity index (χ4n) is 2.27. The Morgan fingerprint density at radius 3 is 2.67 bits per heavy atom. The third-order valence-corrected chi connectivity index (χ3v) is 3.11. The zero-order valence-electron chi connectivity index (χ0n) is 10.5. The van der Waals surface area contributed by atoms with Gasteiger partial charge in [-0.15, -0.1) is 0 Å². The second-order valence-electron chi connectivity index (χ2n) is 4.68. The second kappa shape index (κ2) is 3.88. The van der Waals surface area contributed by atoms with Crippen LogP contribution in [-0.4, -0.2) is 9.78 Å². The summed E-state index contributed by atoms with van der Waals surface area (Å²) in [7, 11) is 0. The SMILES string of the molecule is Cc1cccc(-n2ncc3c(N)cc(C)cc32)c1. The molecule has 0 aliphatic carbocycles. The summed E-state index contributed by atoms with van der Waals surface area (Å²) in [5.74, 6) is 0. The van der Waals surface area contributed by atoms with Crippen LogP contribution in [0.2, 0.25) is 0 Å². The van der Waals surface area contributed by atoms with E-state index in [0.717, 1.165) is 27.8 Å². The lowest BCUT2D eigenvalue weighted by atomic mass is 10.1. The van der Waals surface area contributed by atoms with Gasteiger partial charge in [-0.1, -0.05) is 12.1 Å². The smallest absolute Gasteiger partial charge is 0.0764 e. The predicted octanol–water partition coefficient (Wildman–Crippen LogP) is 3.22. The van der Waals surface area contributed by atoms with Gasteiger partial charge < -0.3 is 5.73 Å². The summed E-state index contributed by atoms with van der Waals surface area (Å²) in [4.78, 5) is 0. The minimum Gasteiger partial charge on any atom is -0.398 e. The van der Waals surface area contributed by atoms with E-state index in [9.17, 15) is 0 Å². The Hall–Kier alpha value is -2.29. The fraction of sp³-hybridized carbons (Fsp3) is 0.133. The first-order valence-electron chi connectivity index (χ1n) is 5.96. The molecule has 3 nitrogen and oxygen atoms in total. The average molecular weight is 237 g/mol. The molecule has 0 atom stereocenters. The summed E-state index contributed by atoms with van der Waals surface area (Å²) in [5.41, 5.74) is 11.3. The summed E-state index contributed by atoms with van der Waals surface area (Å²) in [6.45, 7) is 4.12. The molecular formula is C15H15N3. The quantitative estimate of drug-likeness (QED) is 0.660. The molecule has 90 valence electrons. The number of nitrogen functional groups attached to an aromatic ring is 1. The van der Waals surface area contributed by atoms with Crippen LogP contribution < -0.4 is 5.73 Å². The number of aryl methyl sites for hydroxylation is 2. The Bertz CT molecular complexity index is 726. The van der Waals surface area contributed by atoms with E-state index in [1.54, 1.807) is 0 Å². The van der Waals surface area contributed by atoms with Gasteiger partial charge in [-0.05, 0) is 49.2 Å². The number of hydrogen-bond acceptors (Lipinski definition) is 2. The molecule has 1 heterocycles. The van der Waals surface area contributed by atoms with Crippen LogP contribution in [0.1, 0.15) is 11.1 Å². The van der Waals surface area contributed by atoms with Crippen LogP contribution in [0.4, 0.5) is 5.69 Å². The van der Waals surface area contributed by atoms with Gasteiger partial charge in [0.15, 0.2) is 0 Å². The van der Waals surface area contributed by atoms with Crippen molar-refractivity contribution in [2.75, 3.05) is 5.73 Å². The highest BCUT2D eigenvalue weighted by molar-refractivity contribution is 5.91. The largest absolute Gasteiger partial charge is 0.398 e. The van der Waals surface area contributed by atoms with Crippen molar-refractivity contribution in [3.63, 3.8) is 0 Å². The Balaban J connectivity index is 2.30. The second-order valence-corrected chi connectivity index (χ2v) is 4.68. The number of nitrogens with two attached hydrogens (primary N) is 1. The first-order chi connectivity index (χ1) is 8.65. The maximum atomic E-state index is 6.03.